The van der Waals surface area contributed by atoms with Gasteiger partial charge in [0.25, 0.3) is 5.91 Å². The van der Waals surface area contributed by atoms with E-state index in [1.165, 1.54) is 36.5 Å². The van der Waals surface area contributed by atoms with Gasteiger partial charge in [0, 0.05) is 72.6 Å². The van der Waals surface area contributed by atoms with Gasteiger partial charge in [-0.05, 0) is 84.6 Å². The second-order valence-electron chi connectivity index (χ2n) is 13.5. The van der Waals surface area contributed by atoms with E-state index in [1.807, 2.05) is 73.5 Å². The van der Waals surface area contributed by atoms with Crippen molar-refractivity contribution in [2.24, 2.45) is 5.92 Å². The minimum Gasteiger partial charge on any atom is -0.507 e. The van der Waals surface area contributed by atoms with Crippen molar-refractivity contribution in [3.63, 3.8) is 0 Å². The summed E-state index contributed by atoms with van der Waals surface area (Å²) in [6.07, 6.45) is 6.91. The number of hydrogen-bond donors (Lipinski definition) is 3. The standard InChI is InChI=1S/C42H41FN6O4/c1-26(2)42(52)48-21-17-29(18-22-48)35-24-34(39-40(45-20-23-49(35)39)46-25-27-4-14-33(53-3)15-5-27)28-8-12-32(13-9-28)47-41(51)37-36(50)16-19-44-38(37)30-6-10-31(43)11-7-30/h4-16,19-20,23-24,26,29H,17-18,21-22,25H2,1-3H3,(H,44,50)(H,45,46)(H,47,51). The molecule has 0 saturated carbocycles. The van der Waals surface area contributed by atoms with Crippen molar-refractivity contribution in [2.75, 3.05) is 30.8 Å². The first-order valence-corrected chi connectivity index (χ1v) is 17.7. The first-order chi connectivity index (χ1) is 25.7. The molecule has 3 aromatic carbocycles. The molecule has 7 rings (SSSR count). The van der Waals surface area contributed by atoms with Crippen molar-refractivity contribution in [1.82, 2.24) is 19.3 Å². The lowest BCUT2D eigenvalue weighted by atomic mass is 9.92. The summed E-state index contributed by atoms with van der Waals surface area (Å²) in [6.45, 7) is 5.86. The second kappa shape index (κ2) is 15.2. The predicted molar refractivity (Wildman–Crippen MR) is 204 cm³/mol. The molecule has 270 valence electrons. The van der Waals surface area contributed by atoms with Gasteiger partial charge in [-0.2, -0.15) is 0 Å². The van der Waals surface area contributed by atoms with Gasteiger partial charge in [-0.15, -0.1) is 0 Å². The Bertz CT molecular complexity index is 2240. The van der Waals surface area contributed by atoms with E-state index < -0.39 is 11.7 Å². The van der Waals surface area contributed by atoms with Crippen LogP contribution in [0.2, 0.25) is 0 Å². The predicted octanol–water partition coefficient (Wildman–Crippen LogP) is 8.14. The number of nitrogens with zero attached hydrogens (tertiary/aromatic N) is 4. The molecule has 0 spiro atoms. The number of piperidine rings is 1. The first-order valence-electron chi connectivity index (χ1n) is 17.7. The van der Waals surface area contributed by atoms with Gasteiger partial charge in [0.1, 0.15) is 22.9 Å². The number of benzene rings is 3. The number of methoxy groups -OCH3 is 1. The number of nitrogens with one attached hydrogen (secondary N) is 2. The molecule has 6 aromatic rings. The number of aromatic hydroxyl groups is 1. The molecule has 1 aliphatic heterocycles. The molecule has 10 nitrogen and oxygen atoms in total. The topological polar surface area (TPSA) is 121 Å². The third-order valence-electron chi connectivity index (χ3n) is 9.78. The highest BCUT2D eigenvalue weighted by Crippen LogP contribution is 2.39. The van der Waals surface area contributed by atoms with Crippen LogP contribution in [0.1, 0.15) is 54.2 Å². The van der Waals surface area contributed by atoms with Crippen LogP contribution in [-0.2, 0) is 11.3 Å². The fourth-order valence-corrected chi connectivity index (χ4v) is 6.97. The number of ether oxygens (including phenoxy) is 1. The number of carbonyl (C=O) groups is 2. The number of aromatic nitrogens is 3. The number of likely N-dealkylation sites (tertiary alicyclic amines) is 1. The molecule has 0 aliphatic carbocycles. The Morgan fingerprint density at radius 3 is 2.30 bits per heavy atom. The van der Waals surface area contributed by atoms with E-state index in [4.69, 9.17) is 9.72 Å². The molecular weight excluding hydrogens is 671 g/mol. The van der Waals surface area contributed by atoms with Crippen LogP contribution in [-0.4, -0.2) is 56.4 Å². The molecule has 0 atom stereocenters. The fourth-order valence-electron chi connectivity index (χ4n) is 6.97. The normalized spacial score (nSPS) is 13.3. The van der Waals surface area contributed by atoms with Gasteiger partial charge >= 0.3 is 0 Å². The van der Waals surface area contributed by atoms with Crippen molar-refractivity contribution in [1.29, 1.82) is 0 Å². The summed E-state index contributed by atoms with van der Waals surface area (Å²) in [5.74, 6) is 0.730. The summed E-state index contributed by atoms with van der Waals surface area (Å²) < 4.78 is 21.1. The Hall–Kier alpha value is -6.23. The molecular formula is C42H41FN6O4. The second-order valence-corrected chi connectivity index (χ2v) is 13.5. The fraction of sp³-hybridized carbons (Fsp3) is 0.238. The largest absolute Gasteiger partial charge is 0.507 e. The molecule has 3 N–H and O–H groups in total. The van der Waals surface area contributed by atoms with Gasteiger partial charge < -0.3 is 29.8 Å². The molecule has 1 fully saturated rings. The highest BCUT2D eigenvalue weighted by atomic mass is 19.1. The molecule has 11 heteroatoms. The highest BCUT2D eigenvalue weighted by molar-refractivity contribution is 6.10. The number of hydrogen-bond acceptors (Lipinski definition) is 7. The van der Waals surface area contributed by atoms with Crippen molar-refractivity contribution < 1.29 is 23.8 Å². The van der Waals surface area contributed by atoms with Crippen LogP contribution in [0.15, 0.2) is 104 Å². The summed E-state index contributed by atoms with van der Waals surface area (Å²) >= 11 is 0. The lowest BCUT2D eigenvalue weighted by Gasteiger charge is -2.33. The van der Waals surface area contributed by atoms with Gasteiger partial charge in [0.2, 0.25) is 5.91 Å². The average Bonchev–Trinajstić information content (AvgIpc) is 3.58. The van der Waals surface area contributed by atoms with E-state index in [0.717, 1.165) is 52.3 Å². The highest BCUT2D eigenvalue weighted by Gasteiger charge is 2.28. The summed E-state index contributed by atoms with van der Waals surface area (Å²) in [7, 11) is 1.65. The number of anilines is 2. The van der Waals surface area contributed by atoms with Crippen molar-refractivity contribution >= 4 is 28.8 Å². The Morgan fingerprint density at radius 2 is 1.62 bits per heavy atom. The zero-order chi connectivity index (χ0) is 37.1. The Morgan fingerprint density at radius 1 is 0.925 bits per heavy atom. The number of pyridine rings is 1. The van der Waals surface area contributed by atoms with E-state index in [9.17, 15) is 19.1 Å². The number of carbonyl (C=O) groups excluding carboxylic acids is 2. The summed E-state index contributed by atoms with van der Waals surface area (Å²) in [5.41, 5.74) is 6.32. The van der Waals surface area contributed by atoms with E-state index in [0.29, 0.717) is 30.9 Å². The Labute approximate surface area is 307 Å². The van der Waals surface area contributed by atoms with E-state index in [1.54, 1.807) is 13.3 Å². The number of rotatable bonds is 10. The van der Waals surface area contributed by atoms with Crippen LogP contribution in [0.25, 0.3) is 27.9 Å². The molecule has 1 aliphatic rings. The zero-order valence-corrected chi connectivity index (χ0v) is 29.8. The lowest BCUT2D eigenvalue weighted by molar-refractivity contribution is -0.135. The first kappa shape index (κ1) is 35.2. The summed E-state index contributed by atoms with van der Waals surface area (Å²) in [4.78, 5) is 37.3. The Kier molecular flexibility index (Phi) is 10.1. The molecule has 3 aromatic heterocycles. The average molecular weight is 713 g/mol. The van der Waals surface area contributed by atoms with Gasteiger partial charge in [0.05, 0.1) is 18.3 Å². The van der Waals surface area contributed by atoms with Gasteiger partial charge in [0.15, 0.2) is 5.82 Å². The SMILES string of the molecule is COc1ccc(CNc2nccn3c(C4CCN(C(=O)C(C)C)CC4)cc(-c4ccc(NC(=O)c5c(O)ccnc5-c5ccc(F)cc5)cc4)c23)cc1. The van der Waals surface area contributed by atoms with Crippen molar-refractivity contribution in [3.8, 4) is 33.9 Å². The third-order valence-corrected chi connectivity index (χ3v) is 9.78. The molecule has 1 saturated heterocycles. The van der Waals surface area contributed by atoms with Gasteiger partial charge in [-0.25, -0.2) is 9.37 Å². The third kappa shape index (κ3) is 7.41. The van der Waals surface area contributed by atoms with Crippen LogP contribution in [0.5, 0.6) is 11.5 Å². The Balaban J connectivity index is 1.19. The molecule has 4 heterocycles. The van der Waals surface area contributed by atoms with Crippen LogP contribution in [0, 0.1) is 11.7 Å². The number of fused-ring (bicyclic) bond motifs is 1. The maximum absolute atomic E-state index is 13.6. The van der Waals surface area contributed by atoms with Crippen LogP contribution in [0.4, 0.5) is 15.9 Å². The minimum absolute atomic E-state index is 0.00829. The zero-order valence-electron chi connectivity index (χ0n) is 29.8. The van der Waals surface area contributed by atoms with Gasteiger partial charge in [-0.1, -0.05) is 38.1 Å². The molecule has 2 amide bonds. The van der Waals surface area contributed by atoms with Crippen molar-refractivity contribution in [3.05, 3.63) is 126 Å². The smallest absolute Gasteiger partial charge is 0.261 e. The summed E-state index contributed by atoms with van der Waals surface area (Å²) in [6, 6.07) is 24.6. The monoisotopic (exact) mass is 712 g/mol. The molecule has 0 unspecified atom stereocenters. The van der Waals surface area contributed by atoms with E-state index >= 15 is 0 Å². The number of amides is 2. The maximum atomic E-state index is 13.6. The van der Waals surface area contributed by atoms with E-state index in [2.05, 4.69) is 26.1 Å². The molecule has 0 bridgehead atoms. The molecule has 0 radical (unpaired) electrons. The lowest BCUT2D eigenvalue weighted by Crippen LogP contribution is -2.40. The van der Waals surface area contributed by atoms with Gasteiger partial charge in [-0.3, -0.25) is 14.6 Å². The maximum Gasteiger partial charge on any atom is 0.261 e. The van der Waals surface area contributed by atoms with Crippen LogP contribution in [0.3, 0.4) is 0 Å². The van der Waals surface area contributed by atoms with Crippen LogP contribution < -0.4 is 15.4 Å². The van der Waals surface area contributed by atoms with Crippen LogP contribution >= 0.6 is 0 Å². The minimum atomic E-state index is -0.546. The van der Waals surface area contributed by atoms with E-state index in [-0.39, 0.29) is 34.7 Å². The molecule has 53 heavy (non-hydrogen) atoms. The summed E-state index contributed by atoms with van der Waals surface area (Å²) in [5, 5.41) is 17.1. The quantitative estimate of drug-likeness (QED) is 0.131. The number of halogens is 1. The van der Waals surface area contributed by atoms with Crippen molar-refractivity contribution in [2.45, 2.75) is 39.2 Å².